The molecule has 2 rings (SSSR count). The Hall–Kier alpha value is -1.97. The first-order valence-corrected chi connectivity index (χ1v) is 4.62. The zero-order valence-corrected chi connectivity index (χ0v) is 8.43. The number of hydrogen-bond acceptors (Lipinski definition) is 2. The van der Waals surface area contributed by atoms with Crippen molar-refractivity contribution in [2.24, 2.45) is 5.73 Å². The molecule has 0 saturated heterocycles. The highest BCUT2D eigenvalue weighted by Gasteiger charge is 2.04. The second kappa shape index (κ2) is 3.65. The zero-order chi connectivity index (χ0) is 10.8. The summed E-state index contributed by atoms with van der Waals surface area (Å²) in [5.74, 6) is 0.419. The maximum atomic E-state index is 10.8. The van der Waals surface area contributed by atoms with E-state index in [1.54, 1.807) is 11.7 Å². The lowest BCUT2D eigenvalue weighted by molar-refractivity contribution is -0.118. The van der Waals surface area contributed by atoms with Crippen molar-refractivity contribution in [2.45, 2.75) is 6.54 Å². The summed E-state index contributed by atoms with van der Waals surface area (Å²) >= 11 is 0. The normalized spacial score (nSPS) is 10.5. The second-order valence-corrected chi connectivity index (χ2v) is 3.33. The van der Waals surface area contributed by atoms with Gasteiger partial charge in [0.05, 0.1) is 12.6 Å². The molecule has 0 spiro atoms. The van der Waals surface area contributed by atoms with E-state index in [2.05, 4.69) is 0 Å². The Morgan fingerprint density at radius 2 is 2.27 bits per heavy atom. The molecule has 0 bridgehead atoms. The fraction of sp³-hybridized carbons (Fsp3) is 0.182. The Morgan fingerprint density at radius 3 is 2.93 bits per heavy atom. The summed E-state index contributed by atoms with van der Waals surface area (Å²) in [5.41, 5.74) is 6.11. The van der Waals surface area contributed by atoms with E-state index in [1.807, 2.05) is 30.5 Å². The molecule has 2 aromatic rings. The summed E-state index contributed by atoms with van der Waals surface area (Å²) in [4.78, 5) is 10.8. The third kappa shape index (κ3) is 1.79. The smallest absolute Gasteiger partial charge is 0.237 e. The number of aromatic nitrogens is 1. The van der Waals surface area contributed by atoms with Crippen molar-refractivity contribution >= 4 is 16.8 Å². The minimum Gasteiger partial charge on any atom is -0.497 e. The largest absolute Gasteiger partial charge is 0.497 e. The number of hydrogen-bond donors (Lipinski definition) is 1. The van der Waals surface area contributed by atoms with Crippen molar-refractivity contribution < 1.29 is 9.53 Å². The molecule has 0 aliphatic carbocycles. The van der Waals surface area contributed by atoms with E-state index in [9.17, 15) is 4.79 Å². The first-order chi connectivity index (χ1) is 7.20. The number of nitrogens with two attached hydrogens (primary N) is 1. The quantitative estimate of drug-likeness (QED) is 0.814. The minimum atomic E-state index is -0.352. The predicted molar refractivity (Wildman–Crippen MR) is 57.7 cm³/mol. The number of benzene rings is 1. The first-order valence-electron chi connectivity index (χ1n) is 4.62. The van der Waals surface area contributed by atoms with Gasteiger partial charge >= 0.3 is 0 Å². The predicted octanol–water partition coefficient (Wildman–Crippen LogP) is 1.14. The van der Waals surface area contributed by atoms with Crippen molar-refractivity contribution in [1.82, 2.24) is 4.57 Å². The lowest BCUT2D eigenvalue weighted by Crippen LogP contribution is -2.17. The van der Waals surface area contributed by atoms with E-state index in [1.165, 1.54) is 0 Å². The van der Waals surface area contributed by atoms with E-state index in [0.717, 1.165) is 16.7 Å². The van der Waals surface area contributed by atoms with Crippen LogP contribution in [0.1, 0.15) is 0 Å². The van der Waals surface area contributed by atoms with Crippen LogP contribution in [0.3, 0.4) is 0 Å². The summed E-state index contributed by atoms with van der Waals surface area (Å²) in [7, 11) is 1.61. The molecule has 1 heterocycles. The molecule has 0 aliphatic heterocycles. The SMILES string of the molecule is COc1ccc2ccn(CC(N)=O)c2c1. The van der Waals surface area contributed by atoms with Crippen LogP contribution in [-0.2, 0) is 11.3 Å². The van der Waals surface area contributed by atoms with Crippen molar-refractivity contribution in [3.05, 3.63) is 30.5 Å². The third-order valence-corrected chi connectivity index (χ3v) is 2.31. The lowest BCUT2D eigenvalue weighted by Gasteiger charge is -2.03. The van der Waals surface area contributed by atoms with E-state index in [4.69, 9.17) is 10.5 Å². The van der Waals surface area contributed by atoms with Crippen LogP contribution in [0.25, 0.3) is 10.9 Å². The van der Waals surface area contributed by atoms with Gasteiger partial charge in [-0.2, -0.15) is 0 Å². The van der Waals surface area contributed by atoms with Gasteiger partial charge in [0.1, 0.15) is 12.3 Å². The molecule has 15 heavy (non-hydrogen) atoms. The average molecular weight is 204 g/mol. The molecule has 0 unspecified atom stereocenters. The van der Waals surface area contributed by atoms with Crippen LogP contribution in [0.4, 0.5) is 0 Å². The Labute approximate surface area is 87.2 Å². The summed E-state index contributed by atoms with van der Waals surface area (Å²) < 4.78 is 6.93. The van der Waals surface area contributed by atoms with Gasteiger partial charge in [0, 0.05) is 12.3 Å². The van der Waals surface area contributed by atoms with Crippen LogP contribution >= 0.6 is 0 Å². The van der Waals surface area contributed by atoms with Gasteiger partial charge in [-0.1, -0.05) is 0 Å². The molecule has 0 saturated carbocycles. The summed E-state index contributed by atoms with van der Waals surface area (Å²) in [6, 6.07) is 7.67. The van der Waals surface area contributed by atoms with E-state index < -0.39 is 0 Å². The van der Waals surface area contributed by atoms with Gasteiger partial charge in [0.25, 0.3) is 0 Å². The Balaban J connectivity index is 2.51. The van der Waals surface area contributed by atoms with Crippen molar-refractivity contribution in [1.29, 1.82) is 0 Å². The van der Waals surface area contributed by atoms with E-state index in [0.29, 0.717) is 0 Å². The third-order valence-electron chi connectivity index (χ3n) is 2.31. The molecule has 78 valence electrons. The fourth-order valence-corrected chi connectivity index (χ4v) is 1.60. The molecule has 1 aromatic heterocycles. The number of rotatable bonds is 3. The molecule has 1 amide bonds. The second-order valence-electron chi connectivity index (χ2n) is 3.33. The Morgan fingerprint density at radius 1 is 1.47 bits per heavy atom. The zero-order valence-electron chi connectivity index (χ0n) is 8.43. The number of fused-ring (bicyclic) bond motifs is 1. The van der Waals surface area contributed by atoms with Gasteiger partial charge in [0.2, 0.25) is 5.91 Å². The maximum absolute atomic E-state index is 10.8. The molecule has 4 heteroatoms. The van der Waals surface area contributed by atoms with Gasteiger partial charge in [-0.05, 0) is 23.6 Å². The molecular formula is C11H12N2O2. The minimum absolute atomic E-state index is 0.191. The number of amides is 1. The van der Waals surface area contributed by atoms with Crippen LogP contribution in [-0.4, -0.2) is 17.6 Å². The standard InChI is InChI=1S/C11H12N2O2/c1-15-9-3-2-8-4-5-13(7-11(12)14)10(8)6-9/h2-6H,7H2,1H3,(H2,12,14). The summed E-state index contributed by atoms with van der Waals surface area (Å²) in [6.45, 7) is 0.191. The molecule has 0 atom stereocenters. The van der Waals surface area contributed by atoms with Gasteiger partial charge in [0.15, 0.2) is 0 Å². The molecule has 0 fully saturated rings. The molecule has 0 radical (unpaired) electrons. The number of ether oxygens (including phenoxy) is 1. The van der Waals surface area contributed by atoms with Crippen LogP contribution in [0.2, 0.25) is 0 Å². The monoisotopic (exact) mass is 204 g/mol. The maximum Gasteiger partial charge on any atom is 0.237 e. The number of nitrogens with zero attached hydrogens (tertiary/aromatic N) is 1. The topological polar surface area (TPSA) is 57.2 Å². The van der Waals surface area contributed by atoms with Gasteiger partial charge in [-0.25, -0.2) is 0 Å². The van der Waals surface area contributed by atoms with Gasteiger partial charge in [-0.15, -0.1) is 0 Å². The average Bonchev–Trinajstić information content (AvgIpc) is 2.60. The Kier molecular flexibility index (Phi) is 2.33. The molecular weight excluding hydrogens is 192 g/mol. The van der Waals surface area contributed by atoms with E-state index >= 15 is 0 Å². The van der Waals surface area contributed by atoms with Gasteiger partial charge in [-0.3, -0.25) is 4.79 Å². The van der Waals surface area contributed by atoms with Crippen LogP contribution in [0.5, 0.6) is 5.75 Å². The van der Waals surface area contributed by atoms with Crippen LogP contribution < -0.4 is 10.5 Å². The molecule has 0 aliphatic rings. The van der Waals surface area contributed by atoms with E-state index in [-0.39, 0.29) is 12.5 Å². The number of methoxy groups -OCH3 is 1. The first kappa shape index (κ1) is 9.58. The number of carbonyl (C=O) groups is 1. The lowest BCUT2D eigenvalue weighted by atomic mass is 10.2. The van der Waals surface area contributed by atoms with Crippen molar-refractivity contribution in [2.75, 3.05) is 7.11 Å². The van der Waals surface area contributed by atoms with Crippen molar-refractivity contribution in [3.8, 4) is 5.75 Å². The van der Waals surface area contributed by atoms with Gasteiger partial charge < -0.3 is 15.0 Å². The van der Waals surface area contributed by atoms with Crippen LogP contribution in [0, 0.1) is 0 Å². The van der Waals surface area contributed by atoms with Crippen molar-refractivity contribution in [3.63, 3.8) is 0 Å². The highest BCUT2D eigenvalue weighted by Crippen LogP contribution is 2.21. The summed E-state index contributed by atoms with van der Waals surface area (Å²) in [5, 5.41) is 1.07. The fourth-order valence-electron chi connectivity index (χ4n) is 1.60. The summed E-state index contributed by atoms with van der Waals surface area (Å²) in [6.07, 6.45) is 1.84. The highest BCUT2D eigenvalue weighted by atomic mass is 16.5. The molecule has 2 N–H and O–H groups in total. The number of primary amides is 1. The highest BCUT2D eigenvalue weighted by molar-refractivity contribution is 5.83. The Bertz CT molecular complexity index is 502. The van der Waals surface area contributed by atoms with Crippen LogP contribution in [0.15, 0.2) is 30.5 Å². The molecule has 4 nitrogen and oxygen atoms in total. The molecule has 1 aromatic carbocycles. The number of carbonyl (C=O) groups excluding carboxylic acids is 1.